The molecule has 27 heavy (non-hydrogen) atoms. The number of fused-ring (bicyclic) bond motifs is 1. The molecule has 1 aromatic rings. The number of likely N-dealkylation sites (tertiary alicyclic amines) is 1. The Hall–Kier alpha value is -2.34. The van der Waals surface area contributed by atoms with Gasteiger partial charge in [-0.05, 0) is 51.3 Å². The van der Waals surface area contributed by atoms with E-state index in [1.165, 1.54) is 0 Å². The van der Waals surface area contributed by atoms with E-state index in [9.17, 15) is 14.4 Å². The average molecular weight is 391 g/mol. The zero-order chi connectivity index (χ0) is 19.8. The highest BCUT2D eigenvalue weighted by molar-refractivity contribution is 6.31. The van der Waals surface area contributed by atoms with Crippen LogP contribution in [0.15, 0.2) is 34.9 Å². The molecule has 0 radical (unpaired) electrons. The maximum Gasteiger partial charge on any atom is 0.410 e. The van der Waals surface area contributed by atoms with Crippen molar-refractivity contribution in [1.82, 2.24) is 9.80 Å². The van der Waals surface area contributed by atoms with Gasteiger partial charge in [0.05, 0.1) is 17.7 Å². The summed E-state index contributed by atoms with van der Waals surface area (Å²) < 4.78 is 5.42. The first-order valence-electron chi connectivity index (χ1n) is 8.97. The van der Waals surface area contributed by atoms with Crippen molar-refractivity contribution in [3.63, 3.8) is 0 Å². The van der Waals surface area contributed by atoms with E-state index in [1.54, 1.807) is 29.2 Å². The largest absolute Gasteiger partial charge is 0.444 e. The van der Waals surface area contributed by atoms with Gasteiger partial charge in [0.2, 0.25) is 0 Å². The van der Waals surface area contributed by atoms with Gasteiger partial charge in [0.1, 0.15) is 5.60 Å². The van der Waals surface area contributed by atoms with Gasteiger partial charge < -0.3 is 9.64 Å². The summed E-state index contributed by atoms with van der Waals surface area (Å²) >= 11 is 6.47. The Balaban J connectivity index is 1.72. The zero-order valence-corrected chi connectivity index (χ0v) is 16.5. The second-order valence-corrected chi connectivity index (χ2v) is 8.21. The van der Waals surface area contributed by atoms with Gasteiger partial charge in [-0.15, -0.1) is 0 Å². The Bertz CT molecular complexity index is 791. The Morgan fingerprint density at radius 1 is 1.15 bits per heavy atom. The molecule has 1 aromatic carbocycles. The van der Waals surface area contributed by atoms with Crippen molar-refractivity contribution in [3.05, 3.63) is 46.0 Å². The van der Waals surface area contributed by atoms with Crippen molar-refractivity contribution >= 4 is 29.5 Å². The number of amides is 3. The van der Waals surface area contributed by atoms with Gasteiger partial charge in [-0.3, -0.25) is 14.5 Å². The monoisotopic (exact) mass is 390 g/mol. The van der Waals surface area contributed by atoms with Crippen molar-refractivity contribution < 1.29 is 19.1 Å². The van der Waals surface area contributed by atoms with Gasteiger partial charge in [0.15, 0.2) is 0 Å². The summed E-state index contributed by atoms with van der Waals surface area (Å²) in [5.41, 5.74) is 1.08. The summed E-state index contributed by atoms with van der Waals surface area (Å²) in [6.45, 7) is 6.42. The summed E-state index contributed by atoms with van der Waals surface area (Å²) in [6, 6.07) is 6.74. The summed E-state index contributed by atoms with van der Waals surface area (Å²) in [5, 5.41) is 0.428. The molecule has 0 N–H and O–H groups in total. The highest BCUT2D eigenvalue weighted by Crippen LogP contribution is 2.28. The van der Waals surface area contributed by atoms with Gasteiger partial charge in [-0.2, -0.15) is 0 Å². The number of nitrogens with zero attached hydrogens (tertiary/aromatic N) is 2. The molecule has 3 amide bonds. The predicted molar refractivity (Wildman–Crippen MR) is 102 cm³/mol. The molecular weight excluding hydrogens is 368 g/mol. The summed E-state index contributed by atoms with van der Waals surface area (Å²) in [6.07, 6.45) is 1.10. The first-order valence-corrected chi connectivity index (χ1v) is 9.35. The zero-order valence-electron chi connectivity index (χ0n) is 15.8. The molecule has 0 bridgehead atoms. The molecule has 6 nitrogen and oxygen atoms in total. The van der Waals surface area contributed by atoms with Crippen LogP contribution in [0.4, 0.5) is 4.79 Å². The van der Waals surface area contributed by atoms with Crippen LogP contribution in [0, 0.1) is 0 Å². The minimum absolute atomic E-state index is 0.0192. The van der Waals surface area contributed by atoms with E-state index in [1.807, 2.05) is 20.8 Å². The molecule has 0 unspecified atom stereocenters. The third kappa shape index (κ3) is 4.16. The van der Waals surface area contributed by atoms with Crippen LogP contribution >= 0.6 is 11.6 Å². The van der Waals surface area contributed by atoms with E-state index in [0.717, 1.165) is 23.3 Å². The Morgan fingerprint density at radius 3 is 2.30 bits per heavy atom. The average Bonchev–Trinajstić information content (AvgIpc) is 2.86. The molecule has 3 rings (SSSR count). The lowest BCUT2D eigenvalue weighted by atomic mass is 10.0. The van der Waals surface area contributed by atoms with Gasteiger partial charge in [-0.25, -0.2) is 4.79 Å². The first kappa shape index (κ1) is 19.4. The third-order valence-electron chi connectivity index (χ3n) is 4.50. The second-order valence-electron chi connectivity index (χ2n) is 7.76. The fourth-order valence-electron chi connectivity index (χ4n) is 3.21. The van der Waals surface area contributed by atoms with Gasteiger partial charge in [0.25, 0.3) is 11.8 Å². The van der Waals surface area contributed by atoms with Crippen LogP contribution in [-0.4, -0.2) is 52.9 Å². The van der Waals surface area contributed by atoms with Crippen LogP contribution in [0.5, 0.6) is 0 Å². The quantitative estimate of drug-likeness (QED) is 0.720. The Kier molecular flexibility index (Phi) is 5.29. The molecule has 2 aliphatic heterocycles. The highest BCUT2D eigenvalue weighted by atomic mass is 35.5. The molecule has 0 aliphatic carbocycles. The van der Waals surface area contributed by atoms with Crippen molar-refractivity contribution in [2.24, 2.45) is 0 Å². The maximum absolute atomic E-state index is 12.5. The minimum Gasteiger partial charge on any atom is -0.444 e. The van der Waals surface area contributed by atoms with Crippen molar-refractivity contribution in [1.29, 1.82) is 0 Å². The van der Waals surface area contributed by atoms with Crippen LogP contribution in [0.3, 0.4) is 0 Å². The summed E-state index contributed by atoms with van der Waals surface area (Å²) in [5.74, 6) is -0.677. The topological polar surface area (TPSA) is 66.9 Å². The molecule has 0 aromatic heterocycles. The summed E-state index contributed by atoms with van der Waals surface area (Å²) in [4.78, 5) is 40.1. The van der Waals surface area contributed by atoms with Crippen molar-refractivity contribution in [2.75, 3.05) is 19.6 Å². The number of carbonyl (C=O) groups excluding carboxylic acids is 3. The van der Waals surface area contributed by atoms with Crippen LogP contribution < -0.4 is 0 Å². The fraction of sp³-hybridized carbons (Fsp3) is 0.450. The molecule has 0 spiro atoms. The van der Waals surface area contributed by atoms with Crippen molar-refractivity contribution in [2.45, 2.75) is 39.2 Å². The van der Waals surface area contributed by atoms with Crippen LogP contribution in [0.25, 0.3) is 0 Å². The summed E-state index contributed by atoms with van der Waals surface area (Å²) in [7, 11) is 0. The molecule has 1 fully saturated rings. The number of carbonyl (C=O) groups is 3. The van der Waals surface area contributed by atoms with Gasteiger partial charge in [-0.1, -0.05) is 23.7 Å². The number of benzene rings is 1. The lowest BCUT2D eigenvalue weighted by Gasteiger charge is -2.32. The molecule has 2 heterocycles. The molecular formula is C20H23ClN2O4. The van der Waals surface area contributed by atoms with Crippen LogP contribution in [-0.2, 0) is 4.74 Å². The highest BCUT2D eigenvalue weighted by Gasteiger charge is 2.36. The SMILES string of the molecule is CC(C)(C)OC(=O)N1CCC/C(=C(/Cl)CN2C(=O)c3ccccc3C2=O)C1. The number of halogens is 1. The van der Waals surface area contributed by atoms with E-state index in [2.05, 4.69) is 0 Å². The van der Waals surface area contributed by atoms with Crippen LogP contribution in [0.1, 0.15) is 54.3 Å². The predicted octanol–water partition coefficient (Wildman–Crippen LogP) is 3.81. The number of hydrogen-bond acceptors (Lipinski definition) is 4. The van der Waals surface area contributed by atoms with E-state index >= 15 is 0 Å². The van der Waals surface area contributed by atoms with Crippen LogP contribution in [0.2, 0.25) is 0 Å². The van der Waals surface area contributed by atoms with Gasteiger partial charge >= 0.3 is 6.09 Å². The van der Waals surface area contributed by atoms with E-state index in [4.69, 9.17) is 16.3 Å². The fourth-order valence-corrected chi connectivity index (χ4v) is 3.48. The second kappa shape index (κ2) is 7.35. The number of piperidine rings is 1. The van der Waals surface area contributed by atoms with E-state index in [0.29, 0.717) is 29.2 Å². The molecule has 0 saturated carbocycles. The lowest BCUT2D eigenvalue weighted by Crippen LogP contribution is -2.41. The smallest absolute Gasteiger partial charge is 0.410 e. The molecule has 144 valence electrons. The standard InChI is InChI=1S/C20H23ClN2O4/c1-20(2,3)27-19(26)22-10-6-7-13(11-22)16(21)12-23-17(24)14-8-4-5-9-15(14)18(23)25/h4-5,8-9H,6-7,10-12H2,1-3H3/b16-13-. The van der Waals surface area contributed by atoms with Gasteiger partial charge in [0, 0.05) is 18.1 Å². The number of rotatable bonds is 2. The normalized spacial score (nSPS) is 19.3. The molecule has 7 heteroatoms. The number of ether oxygens (including phenoxy) is 1. The lowest BCUT2D eigenvalue weighted by molar-refractivity contribution is 0.0245. The number of imide groups is 1. The third-order valence-corrected chi connectivity index (χ3v) is 4.89. The molecule has 2 aliphatic rings. The van der Waals surface area contributed by atoms with E-state index < -0.39 is 5.60 Å². The molecule has 1 saturated heterocycles. The Labute approximate surface area is 163 Å². The Morgan fingerprint density at radius 2 is 1.74 bits per heavy atom. The van der Waals surface area contributed by atoms with E-state index in [-0.39, 0.29) is 24.5 Å². The maximum atomic E-state index is 12.5. The number of hydrogen-bond donors (Lipinski definition) is 0. The van der Waals surface area contributed by atoms with Crippen molar-refractivity contribution in [3.8, 4) is 0 Å². The first-order chi connectivity index (χ1) is 12.7. The molecule has 0 atom stereocenters. The minimum atomic E-state index is -0.567.